The van der Waals surface area contributed by atoms with Gasteiger partial charge in [0.05, 0.1) is 22.3 Å². The summed E-state index contributed by atoms with van der Waals surface area (Å²) in [6, 6.07) is 4.07. The van der Waals surface area contributed by atoms with Crippen molar-refractivity contribution in [2.45, 2.75) is 24.8 Å². The molecule has 2 amide bonds. The Morgan fingerprint density at radius 3 is 2.45 bits per heavy atom. The number of benzene rings is 1. The molecule has 1 atom stereocenters. The number of rotatable bonds is 4. The maximum Gasteiger partial charge on any atom is 0.317 e. The molecule has 1 aliphatic rings. The summed E-state index contributed by atoms with van der Waals surface area (Å²) in [4.78, 5) is 14.2. The van der Waals surface area contributed by atoms with Gasteiger partial charge in [-0.25, -0.2) is 13.2 Å². The van der Waals surface area contributed by atoms with Crippen molar-refractivity contribution in [2.24, 2.45) is 7.05 Å². The number of sulfonamides is 1. The minimum atomic E-state index is -3.79. The number of hydrogen-bond acceptors (Lipinski definition) is 4. The number of aromatic nitrogens is 2. The van der Waals surface area contributed by atoms with E-state index in [0.717, 1.165) is 11.3 Å². The number of hydrogen-bond donors (Lipinski definition) is 1. The van der Waals surface area contributed by atoms with E-state index in [0.29, 0.717) is 0 Å². The smallest absolute Gasteiger partial charge is 0.317 e. The van der Waals surface area contributed by atoms with E-state index < -0.39 is 10.0 Å². The Labute approximate surface area is 180 Å². The molecule has 1 aliphatic heterocycles. The lowest BCUT2D eigenvalue weighted by atomic mass is 10.1. The van der Waals surface area contributed by atoms with Crippen molar-refractivity contribution in [3.63, 3.8) is 0 Å². The summed E-state index contributed by atoms with van der Waals surface area (Å²) >= 11 is 12.0. The van der Waals surface area contributed by atoms with Gasteiger partial charge in [0.25, 0.3) is 0 Å². The number of piperazine rings is 1. The second-order valence-corrected chi connectivity index (χ2v) is 9.61. The van der Waals surface area contributed by atoms with Crippen molar-refractivity contribution >= 4 is 39.3 Å². The maximum atomic E-state index is 12.9. The highest BCUT2D eigenvalue weighted by atomic mass is 35.5. The summed E-state index contributed by atoms with van der Waals surface area (Å²) in [6.07, 6.45) is 1.74. The molecule has 0 bridgehead atoms. The second kappa shape index (κ2) is 8.51. The molecule has 2 heterocycles. The van der Waals surface area contributed by atoms with E-state index in [1.165, 1.54) is 16.4 Å². The largest absolute Gasteiger partial charge is 0.331 e. The van der Waals surface area contributed by atoms with Gasteiger partial charge in [0, 0.05) is 44.5 Å². The lowest BCUT2D eigenvalue weighted by molar-refractivity contribution is 0.169. The van der Waals surface area contributed by atoms with Crippen LogP contribution in [0.1, 0.15) is 24.2 Å². The van der Waals surface area contributed by atoms with Gasteiger partial charge in [-0.3, -0.25) is 4.68 Å². The first-order valence-corrected chi connectivity index (χ1v) is 11.3. The third-order valence-corrected chi connectivity index (χ3v) is 8.01. The fourth-order valence-corrected chi connectivity index (χ4v) is 5.41. The fraction of sp³-hybridized carbons (Fsp3) is 0.444. The normalized spacial score (nSPS) is 16.7. The fourth-order valence-electron chi connectivity index (χ4n) is 3.25. The van der Waals surface area contributed by atoms with Crippen LogP contribution in [0.2, 0.25) is 10.0 Å². The molecule has 11 heteroatoms. The number of nitrogens with one attached hydrogen (secondary N) is 1. The van der Waals surface area contributed by atoms with Crippen LogP contribution in [0, 0.1) is 6.92 Å². The Balaban J connectivity index is 1.63. The van der Waals surface area contributed by atoms with Crippen molar-refractivity contribution in [1.29, 1.82) is 0 Å². The molecule has 1 saturated heterocycles. The maximum absolute atomic E-state index is 12.9. The van der Waals surface area contributed by atoms with Crippen molar-refractivity contribution < 1.29 is 13.2 Å². The first-order chi connectivity index (χ1) is 13.6. The van der Waals surface area contributed by atoms with Crippen LogP contribution in [-0.4, -0.2) is 59.6 Å². The average molecular weight is 460 g/mol. The first kappa shape index (κ1) is 21.9. The number of carbonyl (C=O) groups excluding carboxylic acids is 1. The van der Waals surface area contributed by atoms with Crippen molar-refractivity contribution in [3.8, 4) is 0 Å². The molecule has 1 unspecified atom stereocenters. The van der Waals surface area contributed by atoms with Crippen LogP contribution in [0.25, 0.3) is 0 Å². The van der Waals surface area contributed by atoms with Crippen molar-refractivity contribution in [1.82, 2.24) is 24.3 Å². The molecule has 158 valence electrons. The monoisotopic (exact) mass is 459 g/mol. The zero-order chi connectivity index (χ0) is 21.3. The summed E-state index contributed by atoms with van der Waals surface area (Å²) in [5.41, 5.74) is 1.92. The molecule has 1 fully saturated rings. The molecule has 1 aromatic carbocycles. The Kier molecular flexibility index (Phi) is 6.42. The molecular weight excluding hydrogens is 437 g/mol. The van der Waals surface area contributed by atoms with E-state index in [1.807, 2.05) is 20.9 Å². The molecule has 0 saturated carbocycles. The number of carbonyl (C=O) groups is 1. The summed E-state index contributed by atoms with van der Waals surface area (Å²) in [5.74, 6) is 0. The lowest BCUT2D eigenvalue weighted by Gasteiger charge is -2.34. The summed E-state index contributed by atoms with van der Waals surface area (Å²) in [6.45, 7) is 4.75. The van der Waals surface area contributed by atoms with Crippen LogP contribution >= 0.6 is 23.2 Å². The van der Waals surface area contributed by atoms with Gasteiger partial charge < -0.3 is 10.2 Å². The van der Waals surface area contributed by atoms with Gasteiger partial charge in [0.2, 0.25) is 10.0 Å². The highest BCUT2D eigenvalue weighted by Gasteiger charge is 2.32. The van der Waals surface area contributed by atoms with Crippen LogP contribution in [0.3, 0.4) is 0 Å². The number of aryl methyl sites for hydroxylation is 1. The van der Waals surface area contributed by atoms with Crippen LogP contribution in [-0.2, 0) is 17.1 Å². The number of urea groups is 1. The Morgan fingerprint density at radius 1 is 1.21 bits per heavy atom. The van der Waals surface area contributed by atoms with E-state index in [9.17, 15) is 13.2 Å². The average Bonchev–Trinajstić information content (AvgIpc) is 3.02. The minimum Gasteiger partial charge on any atom is -0.331 e. The van der Waals surface area contributed by atoms with E-state index in [1.54, 1.807) is 21.8 Å². The van der Waals surface area contributed by atoms with Gasteiger partial charge in [0.15, 0.2) is 0 Å². The molecule has 0 radical (unpaired) electrons. The van der Waals surface area contributed by atoms with Gasteiger partial charge >= 0.3 is 6.03 Å². The molecule has 0 aliphatic carbocycles. The third-order valence-electron chi connectivity index (χ3n) is 5.14. The third kappa shape index (κ3) is 4.37. The van der Waals surface area contributed by atoms with Crippen LogP contribution in [0.15, 0.2) is 29.3 Å². The minimum absolute atomic E-state index is 0.00926. The van der Waals surface area contributed by atoms with E-state index in [2.05, 4.69) is 10.4 Å². The molecule has 8 nitrogen and oxygen atoms in total. The summed E-state index contributed by atoms with van der Waals surface area (Å²) < 4.78 is 28.9. The SMILES string of the molecule is Cc1c(C(C)NC(=O)N2CCN(S(=O)(=O)c3cccc(Cl)c3Cl)CC2)cnn1C. The van der Waals surface area contributed by atoms with Gasteiger partial charge in [-0.15, -0.1) is 0 Å². The molecule has 3 rings (SSSR count). The predicted molar refractivity (Wildman–Crippen MR) is 112 cm³/mol. The van der Waals surface area contributed by atoms with E-state index >= 15 is 0 Å². The summed E-state index contributed by atoms with van der Waals surface area (Å²) in [7, 11) is -1.94. The van der Waals surface area contributed by atoms with Gasteiger partial charge in [-0.05, 0) is 26.0 Å². The van der Waals surface area contributed by atoms with Crippen molar-refractivity contribution in [3.05, 3.63) is 45.7 Å². The lowest BCUT2D eigenvalue weighted by Crippen LogP contribution is -2.53. The topological polar surface area (TPSA) is 87.5 Å². The molecule has 1 N–H and O–H groups in total. The highest BCUT2D eigenvalue weighted by Crippen LogP contribution is 2.31. The zero-order valence-corrected chi connectivity index (χ0v) is 18.7. The van der Waals surface area contributed by atoms with Gasteiger partial charge in [-0.2, -0.15) is 9.40 Å². The Morgan fingerprint density at radius 2 is 1.86 bits per heavy atom. The molecular formula is C18H23Cl2N5O3S. The number of halogens is 2. The molecule has 2 aromatic rings. The van der Waals surface area contributed by atoms with E-state index in [-0.39, 0.29) is 53.2 Å². The van der Waals surface area contributed by atoms with Gasteiger partial charge in [-0.1, -0.05) is 29.3 Å². The molecule has 29 heavy (non-hydrogen) atoms. The standard InChI is InChI=1S/C18H23Cl2N5O3S/c1-12(14-11-21-23(3)13(14)2)22-18(26)24-7-9-25(10-8-24)29(27,28)16-6-4-5-15(19)17(16)20/h4-6,11-12H,7-10H2,1-3H3,(H,22,26). The predicted octanol–water partition coefficient (Wildman–Crippen LogP) is 2.81. The first-order valence-electron chi connectivity index (χ1n) is 9.11. The Hall–Kier alpha value is -1.81. The number of nitrogens with zero attached hydrogens (tertiary/aromatic N) is 4. The number of amides is 2. The quantitative estimate of drug-likeness (QED) is 0.760. The zero-order valence-electron chi connectivity index (χ0n) is 16.4. The Bertz CT molecular complexity index is 1020. The molecule has 1 aromatic heterocycles. The van der Waals surface area contributed by atoms with Crippen LogP contribution in [0.4, 0.5) is 4.79 Å². The van der Waals surface area contributed by atoms with Crippen LogP contribution < -0.4 is 5.32 Å². The van der Waals surface area contributed by atoms with Crippen molar-refractivity contribution in [2.75, 3.05) is 26.2 Å². The van der Waals surface area contributed by atoms with Crippen LogP contribution in [0.5, 0.6) is 0 Å². The van der Waals surface area contributed by atoms with E-state index in [4.69, 9.17) is 23.2 Å². The van der Waals surface area contributed by atoms with Gasteiger partial charge in [0.1, 0.15) is 4.90 Å². The molecule has 0 spiro atoms. The second-order valence-electron chi connectivity index (χ2n) is 6.92. The highest BCUT2D eigenvalue weighted by molar-refractivity contribution is 7.89. The summed E-state index contributed by atoms with van der Waals surface area (Å²) in [5, 5.41) is 7.34.